The van der Waals surface area contributed by atoms with Crippen molar-refractivity contribution < 1.29 is 0 Å². The van der Waals surface area contributed by atoms with Crippen molar-refractivity contribution in [2.45, 2.75) is 9.79 Å². The molecule has 0 aliphatic rings. The zero-order valence-electron chi connectivity index (χ0n) is 14.7. The summed E-state index contributed by atoms with van der Waals surface area (Å²) in [7, 11) is 0. The predicted molar refractivity (Wildman–Crippen MR) is 115 cm³/mol. The second-order valence-electron chi connectivity index (χ2n) is 6.46. The Morgan fingerprint density at radius 1 is 0.593 bits per heavy atom. The second-order valence-corrected chi connectivity index (χ2v) is 7.58. The van der Waals surface area contributed by atoms with E-state index in [1.54, 1.807) is 11.8 Å². The largest absolute Gasteiger partial charge is 0.248 e. The minimum atomic E-state index is 1.02. The zero-order valence-corrected chi connectivity index (χ0v) is 15.5. The van der Waals surface area contributed by atoms with Crippen molar-refractivity contribution in [3.8, 4) is 11.3 Å². The van der Waals surface area contributed by atoms with Crippen molar-refractivity contribution in [1.82, 2.24) is 4.98 Å². The van der Waals surface area contributed by atoms with E-state index in [-0.39, 0.29) is 0 Å². The van der Waals surface area contributed by atoms with Gasteiger partial charge >= 0.3 is 0 Å². The van der Waals surface area contributed by atoms with Gasteiger partial charge in [-0.1, -0.05) is 90.6 Å². The Labute approximate surface area is 162 Å². The number of nitrogens with zero attached hydrogens (tertiary/aromatic N) is 1. The Balaban J connectivity index is 1.74. The fourth-order valence-electron chi connectivity index (χ4n) is 3.43. The first kappa shape index (κ1) is 16.1. The molecule has 0 saturated carbocycles. The number of hydrogen-bond acceptors (Lipinski definition) is 2. The Morgan fingerprint density at radius 3 is 2.19 bits per heavy atom. The normalized spacial score (nSPS) is 11.1. The van der Waals surface area contributed by atoms with Crippen LogP contribution in [0.15, 0.2) is 113 Å². The van der Waals surface area contributed by atoms with Gasteiger partial charge in [-0.2, -0.15) is 0 Å². The molecule has 4 aromatic carbocycles. The summed E-state index contributed by atoms with van der Waals surface area (Å²) in [6.07, 6.45) is 0. The second kappa shape index (κ2) is 6.90. The van der Waals surface area contributed by atoms with E-state index in [1.807, 2.05) is 0 Å². The molecule has 27 heavy (non-hydrogen) atoms. The molecule has 0 radical (unpaired) electrons. The third-order valence-corrected chi connectivity index (χ3v) is 5.78. The van der Waals surface area contributed by atoms with Crippen molar-refractivity contribution in [2.75, 3.05) is 0 Å². The Hall–Kier alpha value is -3.10. The van der Waals surface area contributed by atoms with E-state index in [4.69, 9.17) is 4.98 Å². The summed E-state index contributed by atoms with van der Waals surface area (Å²) in [6, 6.07) is 36.0. The van der Waals surface area contributed by atoms with E-state index in [1.165, 1.54) is 31.5 Å². The van der Waals surface area contributed by atoms with E-state index in [9.17, 15) is 0 Å². The summed E-state index contributed by atoms with van der Waals surface area (Å²) in [5, 5.41) is 3.66. The molecular weight excluding hydrogens is 346 g/mol. The van der Waals surface area contributed by atoms with Crippen LogP contribution in [0, 0.1) is 0 Å². The van der Waals surface area contributed by atoms with Crippen LogP contribution < -0.4 is 0 Å². The highest BCUT2D eigenvalue weighted by Gasteiger charge is 2.11. The summed E-state index contributed by atoms with van der Waals surface area (Å²) < 4.78 is 0. The third kappa shape index (κ3) is 3.09. The van der Waals surface area contributed by atoms with Gasteiger partial charge in [-0.25, -0.2) is 4.98 Å². The Bertz CT molecular complexity index is 1240. The first-order chi connectivity index (χ1) is 13.4. The fraction of sp³-hybridized carbons (Fsp3) is 0. The van der Waals surface area contributed by atoms with Crippen LogP contribution in [-0.4, -0.2) is 4.98 Å². The molecule has 0 spiro atoms. The van der Waals surface area contributed by atoms with Gasteiger partial charge in [0.2, 0.25) is 0 Å². The molecule has 128 valence electrons. The van der Waals surface area contributed by atoms with Crippen LogP contribution in [0.3, 0.4) is 0 Å². The number of hydrogen-bond donors (Lipinski definition) is 0. The van der Waals surface area contributed by atoms with Gasteiger partial charge in [0.05, 0.1) is 11.2 Å². The molecule has 0 aliphatic carbocycles. The van der Waals surface area contributed by atoms with Crippen LogP contribution in [0.5, 0.6) is 0 Å². The summed E-state index contributed by atoms with van der Waals surface area (Å²) in [5.41, 5.74) is 3.22. The van der Waals surface area contributed by atoms with Crippen molar-refractivity contribution >= 4 is 33.4 Å². The number of aromatic nitrogens is 1. The molecule has 0 aliphatic heterocycles. The van der Waals surface area contributed by atoms with Crippen molar-refractivity contribution in [3.05, 3.63) is 103 Å². The third-order valence-electron chi connectivity index (χ3n) is 4.71. The van der Waals surface area contributed by atoms with Gasteiger partial charge in [-0.05, 0) is 35.0 Å². The average Bonchev–Trinajstić information content (AvgIpc) is 2.74. The van der Waals surface area contributed by atoms with Gasteiger partial charge < -0.3 is 0 Å². The lowest BCUT2D eigenvalue weighted by atomic mass is 10.0. The molecule has 1 heterocycles. The lowest BCUT2D eigenvalue weighted by Crippen LogP contribution is -1.89. The van der Waals surface area contributed by atoms with Crippen LogP contribution in [0.1, 0.15) is 0 Å². The molecular formula is C25H17NS. The lowest BCUT2D eigenvalue weighted by Gasteiger charge is -2.11. The highest BCUT2D eigenvalue weighted by molar-refractivity contribution is 7.99. The first-order valence-electron chi connectivity index (χ1n) is 8.99. The van der Waals surface area contributed by atoms with Crippen LogP contribution >= 0.6 is 11.8 Å². The molecule has 0 N–H and O–H groups in total. The van der Waals surface area contributed by atoms with Crippen LogP contribution in [0.2, 0.25) is 0 Å². The highest BCUT2D eigenvalue weighted by atomic mass is 32.2. The monoisotopic (exact) mass is 363 g/mol. The maximum Gasteiger partial charge on any atom is 0.0727 e. The van der Waals surface area contributed by atoms with Gasteiger partial charge in [0.15, 0.2) is 0 Å². The van der Waals surface area contributed by atoms with Gasteiger partial charge in [0.25, 0.3) is 0 Å². The summed E-state index contributed by atoms with van der Waals surface area (Å²) >= 11 is 1.79. The molecule has 0 fully saturated rings. The summed E-state index contributed by atoms with van der Waals surface area (Å²) in [5.74, 6) is 0. The molecule has 0 saturated heterocycles. The molecule has 0 atom stereocenters. The standard InChI is InChI=1S/C25H17NS/c1-2-11-19(12-3-1)27-25-17-24(26-23-16-7-6-14-22(23)25)21-15-8-10-18-9-4-5-13-20(18)21/h1-17H. The van der Waals surface area contributed by atoms with Crippen molar-refractivity contribution in [2.24, 2.45) is 0 Å². The molecule has 0 unspecified atom stereocenters. The number of para-hydroxylation sites is 1. The van der Waals surface area contributed by atoms with E-state index in [0.717, 1.165) is 11.2 Å². The maximum absolute atomic E-state index is 4.98. The molecule has 1 nitrogen and oxygen atoms in total. The SMILES string of the molecule is c1ccc(Sc2cc(-c3cccc4ccccc34)nc3ccccc23)cc1. The molecule has 2 heteroatoms. The quantitative estimate of drug-likeness (QED) is 0.336. The number of pyridine rings is 1. The van der Waals surface area contributed by atoms with Crippen molar-refractivity contribution in [1.29, 1.82) is 0 Å². The van der Waals surface area contributed by atoms with Crippen LogP contribution in [-0.2, 0) is 0 Å². The zero-order chi connectivity index (χ0) is 18.1. The highest BCUT2D eigenvalue weighted by Crippen LogP contribution is 2.37. The Morgan fingerprint density at radius 2 is 1.30 bits per heavy atom. The molecule has 1 aromatic heterocycles. The first-order valence-corrected chi connectivity index (χ1v) is 9.81. The van der Waals surface area contributed by atoms with Gasteiger partial charge in [-0.3, -0.25) is 0 Å². The fourth-order valence-corrected chi connectivity index (χ4v) is 4.43. The smallest absolute Gasteiger partial charge is 0.0727 e. The van der Waals surface area contributed by atoms with Crippen molar-refractivity contribution in [3.63, 3.8) is 0 Å². The number of fused-ring (bicyclic) bond motifs is 2. The van der Waals surface area contributed by atoms with Gasteiger partial charge in [0.1, 0.15) is 0 Å². The lowest BCUT2D eigenvalue weighted by molar-refractivity contribution is 1.35. The minimum Gasteiger partial charge on any atom is -0.248 e. The average molecular weight is 363 g/mol. The van der Waals surface area contributed by atoms with Crippen LogP contribution in [0.4, 0.5) is 0 Å². The number of benzene rings is 4. The van der Waals surface area contributed by atoms with Gasteiger partial charge in [-0.15, -0.1) is 0 Å². The van der Waals surface area contributed by atoms with Crippen LogP contribution in [0.25, 0.3) is 32.9 Å². The molecule has 5 aromatic rings. The number of rotatable bonds is 3. The predicted octanol–water partition coefficient (Wildman–Crippen LogP) is 7.21. The summed E-state index contributed by atoms with van der Waals surface area (Å²) in [6.45, 7) is 0. The molecule has 5 rings (SSSR count). The molecule has 0 amide bonds. The van der Waals surface area contributed by atoms with E-state index in [0.29, 0.717) is 0 Å². The molecule has 0 bridgehead atoms. The van der Waals surface area contributed by atoms with E-state index < -0.39 is 0 Å². The van der Waals surface area contributed by atoms with Gasteiger partial charge in [0, 0.05) is 20.7 Å². The van der Waals surface area contributed by atoms with E-state index in [2.05, 4.69) is 103 Å². The minimum absolute atomic E-state index is 1.02. The van der Waals surface area contributed by atoms with E-state index >= 15 is 0 Å². The summed E-state index contributed by atoms with van der Waals surface area (Å²) in [4.78, 5) is 7.45. The topological polar surface area (TPSA) is 12.9 Å². The maximum atomic E-state index is 4.98. The Kier molecular flexibility index (Phi) is 4.11.